The van der Waals surface area contributed by atoms with Crippen LogP contribution in [0.1, 0.15) is 164 Å². The first-order valence-electron chi connectivity index (χ1n) is 44.3. The first-order valence-corrected chi connectivity index (χ1v) is 47.9. The van der Waals surface area contributed by atoms with Gasteiger partial charge in [0.1, 0.15) is 77.1 Å². The second-order valence-electron chi connectivity index (χ2n) is 32.1. The van der Waals surface area contributed by atoms with E-state index in [4.69, 9.17) is 30.5 Å². The van der Waals surface area contributed by atoms with Gasteiger partial charge in [-0.05, 0) is 347 Å². The molecule has 0 aliphatic heterocycles. The first kappa shape index (κ1) is 97.1. The zero-order chi connectivity index (χ0) is 93.5. The summed E-state index contributed by atoms with van der Waals surface area (Å²) < 4.78 is 55.5. The lowest BCUT2D eigenvalue weighted by Gasteiger charge is -2.10. The molecule has 0 aliphatic carbocycles. The maximum Gasteiger partial charge on any atom is 0.207 e. The number of benzene rings is 12. The first-order chi connectivity index (χ1) is 63.8. The van der Waals surface area contributed by atoms with E-state index in [0.717, 1.165) is 161 Å². The van der Waals surface area contributed by atoms with Crippen LogP contribution in [0.5, 0.6) is 69.0 Å². The van der Waals surface area contributed by atoms with Crippen molar-refractivity contribution in [1.82, 2.24) is 21.3 Å². The van der Waals surface area contributed by atoms with Gasteiger partial charge in [0.15, 0.2) is 23.0 Å². The van der Waals surface area contributed by atoms with Gasteiger partial charge in [-0.25, -0.2) is 8.78 Å². The highest BCUT2D eigenvalue weighted by atomic mass is 35.5. The van der Waals surface area contributed by atoms with Crippen molar-refractivity contribution in [2.75, 3.05) is 52.4 Å². The number of carbonyl (C=O) groups is 4. The second kappa shape index (κ2) is 46.6. The Hall–Kier alpha value is -12.5. The molecule has 12 aromatic carbocycles. The molecule has 0 unspecified atom stereocenters. The maximum atomic E-state index is 13.9. The number of phenolic OH excluding ortho intramolecular Hbond substituents is 4. The van der Waals surface area contributed by atoms with Crippen LogP contribution in [-0.2, 0) is 25.7 Å². The van der Waals surface area contributed by atoms with E-state index in [0.29, 0.717) is 104 Å². The summed E-state index contributed by atoms with van der Waals surface area (Å²) in [6, 6.07) is 71.3. The number of carbonyl (C=O) groups excluding carboxylic acids is 4. The molecular weight excluding hydrogens is 1760 g/mol. The third kappa shape index (κ3) is 25.2. The Morgan fingerprint density at radius 1 is 0.303 bits per heavy atom. The normalized spacial score (nSPS) is 11.1. The molecule has 0 atom stereocenters. The fraction of sp³-hybridized carbons (Fsp3) is 0.229. The molecule has 0 bridgehead atoms. The summed E-state index contributed by atoms with van der Waals surface area (Å²) in [4.78, 5) is 55.7. The highest BCUT2D eigenvalue weighted by Gasteiger charge is 2.29. The molecule has 16 rings (SSSR count). The van der Waals surface area contributed by atoms with Crippen LogP contribution in [0.4, 0.5) is 8.78 Å². The van der Waals surface area contributed by atoms with Crippen molar-refractivity contribution < 1.29 is 67.3 Å². The minimum Gasteiger partial charge on any atom is -0.508 e. The largest absolute Gasteiger partial charge is 0.508 e. The van der Waals surface area contributed by atoms with Crippen molar-refractivity contribution in [2.45, 2.75) is 114 Å². The number of halogens is 3. The van der Waals surface area contributed by atoms with Crippen LogP contribution in [0, 0.1) is 46.3 Å². The van der Waals surface area contributed by atoms with E-state index >= 15 is 0 Å². The van der Waals surface area contributed by atoms with E-state index in [1.165, 1.54) is 97.9 Å². The average molecular weight is 1870 g/mol. The number of ether oxygens (including phenoxy) is 4. The third-order valence-electron chi connectivity index (χ3n) is 22.1. The summed E-state index contributed by atoms with van der Waals surface area (Å²) >= 11 is 11.3. The zero-order valence-electron chi connectivity index (χ0n) is 75.2. The van der Waals surface area contributed by atoms with E-state index < -0.39 is 5.82 Å². The number of phenols is 4. The molecule has 8 N–H and O–H groups in total. The van der Waals surface area contributed by atoms with Crippen LogP contribution in [0.25, 0.3) is 40.3 Å². The Morgan fingerprint density at radius 3 is 0.879 bits per heavy atom. The third-order valence-corrected chi connectivity index (χ3v) is 26.9. The van der Waals surface area contributed by atoms with Crippen LogP contribution >= 0.6 is 56.9 Å². The molecule has 0 saturated heterocycles. The lowest BCUT2D eigenvalue weighted by molar-refractivity contribution is 0.103. The van der Waals surface area contributed by atoms with Gasteiger partial charge in [0.05, 0.1) is 0 Å². The molecule has 23 heteroatoms. The molecule has 16 nitrogen and oxygen atoms in total. The van der Waals surface area contributed by atoms with Gasteiger partial charge in [0, 0.05) is 67.6 Å². The van der Waals surface area contributed by atoms with Crippen LogP contribution < -0.4 is 40.2 Å². The standard InChI is InChI=1S/C28H29NO3S.C27H26ClNO3S.2C27H26FNO3S/c1-4-29-15-5-6-20-8-11-22(12-9-20)32-27-24-14-10-21(30)17-25(24)33-28(27)26(31)23-13-7-18(2)16-19(23)3;1-3-29-14-4-5-18-7-11-21(12-8-18)32-26-22-13-10-20(30)16-24(22)33-27(26)25(31)23-15-19(28)9-6-17(23)2;1-3-29-14-4-5-18-6-10-21(11-7-18)32-26-23-13-9-20(30)16-24(23)33-27(26)25(31)22-12-8-19(28)15-17(22)2;1-3-29-14-4-5-18-7-11-21(12-8-18)32-26-22-13-10-20(30)16-24(22)33-27(26)25(31)23-15-19(28)9-6-17(23)2/h7-14,16-17,29-30H,4-6,15H2,1-3H3;3*6-13,15-16,29-30H,3-5,14H2,1-2H3. The number of nitrogens with one attached hydrogen (secondary N) is 4. The molecule has 0 fully saturated rings. The molecule has 0 radical (unpaired) electrons. The summed E-state index contributed by atoms with van der Waals surface area (Å²) in [5.74, 6) is 3.45. The number of thiophene rings is 4. The van der Waals surface area contributed by atoms with Gasteiger partial charge >= 0.3 is 0 Å². The molecule has 0 aliphatic rings. The van der Waals surface area contributed by atoms with E-state index in [-0.39, 0.29) is 51.9 Å². The van der Waals surface area contributed by atoms with Gasteiger partial charge in [-0.2, -0.15) is 0 Å². The number of hydrogen-bond donors (Lipinski definition) is 8. The van der Waals surface area contributed by atoms with Gasteiger partial charge in [0.2, 0.25) is 23.1 Å². The van der Waals surface area contributed by atoms with E-state index in [2.05, 4.69) is 73.2 Å². The summed E-state index contributed by atoms with van der Waals surface area (Å²) in [7, 11) is 0. The molecule has 680 valence electrons. The van der Waals surface area contributed by atoms with Crippen molar-refractivity contribution in [3.63, 3.8) is 0 Å². The van der Waals surface area contributed by atoms with Gasteiger partial charge in [-0.15, -0.1) is 45.3 Å². The topological polar surface area (TPSA) is 234 Å². The molecule has 4 heterocycles. The van der Waals surface area contributed by atoms with E-state index in [9.17, 15) is 48.4 Å². The average Bonchev–Trinajstić information content (AvgIpc) is 1.62. The molecular formula is C109H107ClF2N4O12S4. The number of rotatable bonds is 36. The van der Waals surface area contributed by atoms with Crippen LogP contribution in [-0.4, -0.2) is 95.9 Å². The molecule has 132 heavy (non-hydrogen) atoms. The summed E-state index contributed by atoms with van der Waals surface area (Å²) in [5, 5.41) is 56.7. The number of ketones is 4. The van der Waals surface area contributed by atoms with Crippen molar-refractivity contribution in [1.29, 1.82) is 0 Å². The van der Waals surface area contributed by atoms with Crippen molar-refractivity contribution in [2.24, 2.45) is 0 Å². The zero-order valence-corrected chi connectivity index (χ0v) is 79.3. The Balaban J connectivity index is 0.000000150. The van der Waals surface area contributed by atoms with Gasteiger partial charge in [0.25, 0.3) is 0 Å². The number of hydrogen-bond acceptors (Lipinski definition) is 20. The number of aromatic hydroxyl groups is 4. The quantitative estimate of drug-likeness (QED) is 0.0135. The molecule has 0 amide bonds. The summed E-state index contributed by atoms with van der Waals surface area (Å²) in [6.07, 6.45) is 8.21. The predicted molar refractivity (Wildman–Crippen MR) is 536 cm³/mol. The Labute approximate surface area is 789 Å². The lowest BCUT2D eigenvalue weighted by atomic mass is 10.0. The fourth-order valence-corrected chi connectivity index (χ4v) is 19.8. The van der Waals surface area contributed by atoms with E-state index in [1.54, 1.807) is 98.8 Å². The second-order valence-corrected chi connectivity index (χ2v) is 36.7. The predicted octanol–water partition coefficient (Wildman–Crippen LogP) is 27.2. The van der Waals surface area contributed by atoms with Crippen LogP contribution in [0.3, 0.4) is 0 Å². The monoisotopic (exact) mass is 1860 g/mol. The smallest absolute Gasteiger partial charge is 0.207 e. The Bertz CT molecular complexity index is 6330. The lowest BCUT2D eigenvalue weighted by Crippen LogP contribution is -2.14. The Morgan fingerprint density at radius 2 is 0.576 bits per heavy atom. The summed E-state index contributed by atoms with van der Waals surface area (Å²) in [6.45, 7) is 25.6. The maximum absolute atomic E-state index is 13.9. The number of fused-ring (bicyclic) bond motifs is 4. The van der Waals surface area contributed by atoms with E-state index in [1.807, 2.05) is 124 Å². The highest BCUT2D eigenvalue weighted by molar-refractivity contribution is 7.22. The number of aryl methyl sites for hydroxylation is 9. The van der Waals surface area contributed by atoms with Crippen molar-refractivity contribution in [3.8, 4) is 69.0 Å². The van der Waals surface area contributed by atoms with Gasteiger partial charge < -0.3 is 60.6 Å². The minimum absolute atomic E-state index is 0.0664. The van der Waals surface area contributed by atoms with Gasteiger partial charge in [-0.1, -0.05) is 124 Å². The molecule has 0 saturated carbocycles. The van der Waals surface area contributed by atoms with Gasteiger partial charge in [-0.3, -0.25) is 19.2 Å². The molecule has 0 spiro atoms. The molecule has 4 aromatic heterocycles. The highest BCUT2D eigenvalue weighted by Crippen LogP contribution is 2.48. The minimum atomic E-state index is -0.463. The Kier molecular flexibility index (Phi) is 34.3. The van der Waals surface area contributed by atoms with Crippen molar-refractivity contribution >= 4 is 120 Å². The van der Waals surface area contributed by atoms with Crippen LogP contribution in [0.2, 0.25) is 5.02 Å². The van der Waals surface area contributed by atoms with Crippen LogP contribution in [0.15, 0.2) is 243 Å². The van der Waals surface area contributed by atoms with Crippen molar-refractivity contribution in [3.05, 3.63) is 351 Å². The summed E-state index contributed by atoms with van der Waals surface area (Å²) in [5.41, 5.74) is 11.0. The molecule has 16 aromatic rings. The SMILES string of the molecule is CCNCCCc1ccc(Oc2c(C(=O)c3cc(Cl)ccc3C)sc3cc(O)ccc23)cc1.CCNCCCc1ccc(Oc2c(C(=O)c3cc(F)ccc3C)sc3cc(O)ccc23)cc1.CCNCCCc1ccc(Oc2c(C(=O)c3ccc(C)cc3C)sc3cc(O)ccc23)cc1.CCNCCCc1ccc(Oc2c(C(=O)c3ccc(F)cc3C)sc3cc(O)ccc23)cc1. The fourth-order valence-electron chi connectivity index (χ4n) is 15.1.